The summed E-state index contributed by atoms with van der Waals surface area (Å²) in [6, 6.07) is -0.843. The maximum absolute atomic E-state index is 12.5. The van der Waals surface area contributed by atoms with E-state index in [0.717, 1.165) is 32.2 Å². The molecule has 0 spiro atoms. The summed E-state index contributed by atoms with van der Waals surface area (Å²) in [5.74, 6) is -0.409. The van der Waals surface area contributed by atoms with E-state index in [0.29, 0.717) is 5.75 Å². The van der Waals surface area contributed by atoms with Crippen LogP contribution in [0, 0.1) is 0 Å². The Balaban J connectivity index is 2.10. The first kappa shape index (κ1) is 13.7. The summed E-state index contributed by atoms with van der Waals surface area (Å²) in [5.41, 5.74) is 0. The fourth-order valence-electron chi connectivity index (χ4n) is 2.61. The van der Waals surface area contributed by atoms with Gasteiger partial charge in [-0.25, -0.2) is 4.79 Å². The average molecular weight is 272 g/mol. The summed E-state index contributed by atoms with van der Waals surface area (Å²) in [7, 11) is 0. The number of hydrogen-bond donors (Lipinski definition) is 2. The van der Waals surface area contributed by atoms with Crippen molar-refractivity contribution in [2.24, 2.45) is 0 Å². The van der Waals surface area contributed by atoms with E-state index in [4.69, 9.17) is 0 Å². The number of rotatable bonds is 3. The zero-order valence-electron chi connectivity index (χ0n) is 10.6. The zero-order chi connectivity index (χ0) is 13.1. The van der Waals surface area contributed by atoms with Gasteiger partial charge in [-0.15, -0.1) is 11.8 Å². The smallest absolute Gasteiger partial charge is 0.327 e. The van der Waals surface area contributed by atoms with Gasteiger partial charge in [0.05, 0.1) is 11.4 Å². The van der Waals surface area contributed by atoms with E-state index < -0.39 is 12.0 Å². The minimum atomic E-state index is -0.886. The molecule has 2 aliphatic rings. The third-order valence-electron chi connectivity index (χ3n) is 3.59. The quantitative estimate of drug-likeness (QED) is 0.798. The topological polar surface area (TPSA) is 69.6 Å². The second-order valence-electron chi connectivity index (χ2n) is 4.80. The first-order valence-corrected chi connectivity index (χ1v) is 7.60. The van der Waals surface area contributed by atoms with E-state index in [1.54, 1.807) is 16.7 Å². The van der Waals surface area contributed by atoms with Crippen LogP contribution in [0.15, 0.2) is 0 Å². The maximum atomic E-state index is 12.5. The van der Waals surface area contributed by atoms with Gasteiger partial charge in [0.15, 0.2) is 0 Å². The van der Waals surface area contributed by atoms with Crippen molar-refractivity contribution in [3.05, 3.63) is 0 Å². The van der Waals surface area contributed by atoms with Crippen LogP contribution in [0.3, 0.4) is 0 Å². The zero-order valence-corrected chi connectivity index (χ0v) is 11.4. The Labute approximate surface area is 111 Å². The first-order chi connectivity index (χ1) is 8.65. The summed E-state index contributed by atoms with van der Waals surface area (Å²) in [4.78, 5) is 25.3. The minimum Gasteiger partial charge on any atom is -0.480 e. The Hall–Kier alpha value is -0.750. The lowest BCUT2D eigenvalue weighted by molar-refractivity contribution is -0.150. The Morgan fingerprint density at radius 2 is 2.22 bits per heavy atom. The molecule has 1 amide bonds. The highest BCUT2D eigenvalue weighted by molar-refractivity contribution is 8.00. The molecule has 0 saturated carbocycles. The molecule has 2 aliphatic heterocycles. The molecule has 2 heterocycles. The van der Waals surface area contributed by atoms with E-state index >= 15 is 0 Å². The monoisotopic (exact) mass is 272 g/mol. The number of carboxylic acid groups (broad SMARTS) is 1. The van der Waals surface area contributed by atoms with E-state index in [2.05, 4.69) is 5.32 Å². The Kier molecular flexibility index (Phi) is 4.50. The number of carbonyl (C=O) groups is 2. The highest BCUT2D eigenvalue weighted by Crippen LogP contribution is 2.32. The van der Waals surface area contributed by atoms with Gasteiger partial charge in [0.25, 0.3) is 0 Å². The molecule has 3 unspecified atom stereocenters. The minimum absolute atomic E-state index is 0.0160. The van der Waals surface area contributed by atoms with E-state index in [1.807, 2.05) is 6.92 Å². The normalized spacial score (nSPS) is 32.5. The van der Waals surface area contributed by atoms with Crippen molar-refractivity contribution in [1.29, 1.82) is 0 Å². The van der Waals surface area contributed by atoms with Crippen molar-refractivity contribution in [2.75, 3.05) is 12.3 Å². The van der Waals surface area contributed by atoms with E-state index in [9.17, 15) is 14.7 Å². The predicted molar refractivity (Wildman–Crippen MR) is 70.4 cm³/mol. The number of hydrogen-bond acceptors (Lipinski definition) is 4. The van der Waals surface area contributed by atoms with Crippen LogP contribution in [0.2, 0.25) is 0 Å². The van der Waals surface area contributed by atoms with Gasteiger partial charge in [0.1, 0.15) is 6.04 Å². The molecule has 3 atom stereocenters. The molecule has 2 fully saturated rings. The van der Waals surface area contributed by atoms with Crippen molar-refractivity contribution >= 4 is 23.6 Å². The molecule has 6 heteroatoms. The summed E-state index contributed by atoms with van der Waals surface area (Å²) in [6.07, 6.45) is 3.76. The number of amides is 1. The molecule has 2 saturated heterocycles. The molecular formula is C12H20N2O3S. The molecule has 0 aromatic rings. The van der Waals surface area contributed by atoms with Crippen LogP contribution in [0.4, 0.5) is 0 Å². The average Bonchev–Trinajstić information content (AvgIpc) is 2.82. The highest BCUT2D eigenvalue weighted by Gasteiger charge is 2.42. The third kappa shape index (κ3) is 2.64. The van der Waals surface area contributed by atoms with Gasteiger partial charge in [-0.3, -0.25) is 4.79 Å². The lowest BCUT2D eigenvalue weighted by atomic mass is 10.0. The van der Waals surface area contributed by atoms with Crippen LogP contribution in [-0.4, -0.2) is 51.6 Å². The fourth-order valence-corrected chi connectivity index (χ4v) is 3.96. The van der Waals surface area contributed by atoms with Gasteiger partial charge in [0.2, 0.25) is 5.91 Å². The predicted octanol–water partition coefficient (Wildman–Crippen LogP) is 0.893. The van der Waals surface area contributed by atoms with Gasteiger partial charge in [-0.2, -0.15) is 0 Å². The molecule has 0 radical (unpaired) electrons. The van der Waals surface area contributed by atoms with Crippen LogP contribution in [0.5, 0.6) is 0 Å². The number of thioether (sulfide) groups is 1. The van der Waals surface area contributed by atoms with Crippen LogP contribution in [0.25, 0.3) is 0 Å². The van der Waals surface area contributed by atoms with Gasteiger partial charge < -0.3 is 15.3 Å². The van der Waals surface area contributed by atoms with Crippen LogP contribution >= 0.6 is 11.8 Å². The second kappa shape index (κ2) is 5.93. The molecule has 0 aromatic heterocycles. The molecule has 5 nitrogen and oxygen atoms in total. The second-order valence-corrected chi connectivity index (χ2v) is 6.01. The largest absolute Gasteiger partial charge is 0.480 e. The van der Waals surface area contributed by atoms with Gasteiger partial charge in [0, 0.05) is 5.75 Å². The summed E-state index contributed by atoms with van der Waals surface area (Å²) >= 11 is 1.58. The summed E-state index contributed by atoms with van der Waals surface area (Å²) in [6.45, 7) is 2.85. The Morgan fingerprint density at radius 3 is 2.78 bits per heavy atom. The Bertz CT molecular complexity index is 331. The molecule has 0 bridgehead atoms. The summed E-state index contributed by atoms with van der Waals surface area (Å²) in [5, 5.41) is 12.4. The number of carbonyl (C=O) groups excluding carboxylic acids is 1. The molecule has 18 heavy (non-hydrogen) atoms. The number of carboxylic acids is 1. The number of aliphatic carboxylic acids is 1. The standard InChI is InChI=1S/C12H20N2O3S/c1-2-10-14(9(7-18-10)12(16)17)11(15)8-5-3-4-6-13-8/h8-10,13H,2-7H2,1H3,(H,16,17). The molecule has 2 N–H and O–H groups in total. The van der Waals surface area contributed by atoms with E-state index in [1.165, 1.54) is 0 Å². The summed E-state index contributed by atoms with van der Waals surface area (Å²) < 4.78 is 0. The number of piperidine rings is 1. The molecule has 2 rings (SSSR count). The van der Waals surface area contributed by atoms with Crippen LogP contribution < -0.4 is 5.32 Å². The lowest BCUT2D eigenvalue weighted by Gasteiger charge is -2.32. The first-order valence-electron chi connectivity index (χ1n) is 6.55. The molecule has 102 valence electrons. The third-order valence-corrected chi connectivity index (χ3v) is 5.04. The van der Waals surface area contributed by atoms with Crippen LogP contribution in [0.1, 0.15) is 32.6 Å². The van der Waals surface area contributed by atoms with Gasteiger partial charge >= 0.3 is 5.97 Å². The fraction of sp³-hybridized carbons (Fsp3) is 0.833. The number of nitrogens with one attached hydrogen (secondary N) is 1. The molecule has 0 aliphatic carbocycles. The maximum Gasteiger partial charge on any atom is 0.327 e. The SMILES string of the molecule is CCC1SCC(C(=O)O)N1C(=O)C1CCCCN1. The van der Waals surface area contributed by atoms with Gasteiger partial charge in [-0.1, -0.05) is 13.3 Å². The molecule has 0 aromatic carbocycles. The van der Waals surface area contributed by atoms with Crippen molar-refractivity contribution in [3.63, 3.8) is 0 Å². The highest BCUT2D eigenvalue weighted by atomic mass is 32.2. The van der Waals surface area contributed by atoms with Crippen molar-refractivity contribution < 1.29 is 14.7 Å². The van der Waals surface area contributed by atoms with E-state index in [-0.39, 0.29) is 17.3 Å². The van der Waals surface area contributed by atoms with Crippen molar-refractivity contribution in [2.45, 2.75) is 50.1 Å². The van der Waals surface area contributed by atoms with Crippen molar-refractivity contribution in [3.8, 4) is 0 Å². The van der Waals surface area contributed by atoms with Crippen LogP contribution in [-0.2, 0) is 9.59 Å². The molecular weight excluding hydrogens is 252 g/mol. The number of nitrogens with zero attached hydrogens (tertiary/aromatic N) is 1. The lowest BCUT2D eigenvalue weighted by Crippen LogP contribution is -2.54. The van der Waals surface area contributed by atoms with Crippen molar-refractivity contribution in [1.82, 2.24) is 10.2 Å². The Morgan fingerprint density at radius 1 is 1.44 bits per heavy atom. The van der Waals surface area contributed by atoms with Gasteiger partial charge in [-0.05, 0) is 25.8 Å².